The highest BCUT2D eigenvalue weighted by Gasteiger charge is 2.27. The van der Waals surface area contributed by atoms with Crippen LogP contribution in [0.5, 0.6) is 0 Å². The molecule has 1 aromatic carbocycles. The molecule has 3 aromatic rings. The van der Waals surface area contributed by atoms with Crippen LogP contribution in [-0.4, -0.2) is 21.4 Å². The highest BCUT2D eigenvalue weighted by atomic mass is 16.3. The van der Waals surface area contributed by atoms with E-state index in [4.69, 9.17) is 4.42 Å². The summed E-state index contributed by atoms with van der Waals surface area (Å²) in [6, 6.07) is 11.5. The molecule has 0 bridgehead atoms. The van der Waals surface area contributed by atoms with Crippen molar-refractivity contribution >= 4 is 11.8 Å². The van der Waals surface area contributed by atoms with E-state index in [9.17, 15) is 9.59 Å². The van der Waals surface area contributed by atoms with Crippen molar-refractivity contribution < 1.29 is 14.0 Å². The van der Waals surface area contributed by atoms with Crippen LogP contribution in [0.4, 0.5) is 0 Å². The van der Waals surface area contributed by atoms with E-state index in [-0.39, 0.29) is 24.2 Å². The van der Waals surface area contributed by atoms with Crippen LogP contribution in [0, 0.1) is 6.92 Å². The third kappa shape index (κ3) is 4.08. The fourth-order valence-electron chi connectivity index (χ4n) is 3.63. The molecule has 150 valence electrons. The number of hydrogen-bond donors (Lipinski definition) is 2. The zero-order valence-corrected chi connectivity index (χ0v) is 16.4. The van der Waals surface area contributed by atoms with Crippen molar-refractivity contribution in [3.05, 3.63) is 76.8 Å². The zero-order valence-electron chi connectivity index (χ0n) is 16.4. The van der Waals surface area contributed by atoms with Gasteiger partial charge >= 0.3 is 0 Å². The molecule has 0 radical (unpaired) electrons. The number of carbonyl (C=O) groups excluding carboxylic acids is 2. The van der Waals surface area contributed by atoms with Gasteiger partial charge in [0.25, 0.3) is 11.8 Å². The zero-order chi connectivity index (χ0) is 20.2. The van der Waals surface area contributed by atoms with Gasteiger partial charge in [0.15, 0.2) is 5.82 Å². The smallest absolute Gasteiger partial charge is 0.287 e. The van der Waals surface area contributed by atoms with Gasteiger partial charge in [0, 0.05) is 13.1 Å². The minimum Gasteiger partial charge on any atom is -0.467 e. The lowest BCUT2D eigenvalue weighted by atomic mass is 10.1. The molecule has 0 atom stereocenters. The number of nitrogens with zero attached hydrogens (tertiary/aromatic N) is 2. The Kier molecular flexibility index (Phi) is 5.46. The Morgan fingerprint density at radius 1 is 1.07 bits per heavy atom. The van der Waals surface area contributed by atoms with Crippen LogP contribution in [0.1, 0.15) is 56.5 Å². The molecule has 4 rings (SSSR count). The number of aromatic nitrogens is 2. The van der Waals surface area contributed by atoms with E-state index in [1.807, 2.05) is 35.8 Å². The summed E-state index contributed by atoms with van der Waals surface area (Å²) < 4.78 is 7.13. The standard InChI is InChI=1S/C22H24N4O3/c1-15-7-2-3-8-16(15)13-23-21(27)19-18-10-4-5-11-26(18)20(25-19)22(28)24-14-17-9-6-12-29-17/h2-3,6-9,12H,4-5,10-11,13-14H2,1H3,(H,23,27)(H,24,28). The van der Waals surface area contributed by atoms with E-state index in [2.05, 4.69) is 15.6 Å². The first-order valence-electron chi connectivity index (χ1n) is 9.86. The van der Waals surface area contributed by atoms with Crippen LogP contribution < -0.4 is 10.6 Å². The molecule has 2 aromatic heterocycles. The Bertz CT molecular complexity index is 1020. The molecule has 0 saturated heterocycles. The van der Waals surface area contributed by atoms with Crippen molar-refractivity contribution in [3.63, 3.8) is 0 Å². The van der Waals surface area contributed by atoms with E-state index < -0.39 is 0 Å². The normalized spacial score (nSPS) is 13.0. The molecule has 0 saturated carbocycles. The van der Waals surface area contributed by atoms with Gasteiger partial charge < -0.3 is 19.6 Å². The first-order valence-corrected chi connectivity index (χ1v) is 9.86. The van der Waals surface area contributed by atoms with Crippen LogP contribution in [0.2, 0.25) is 0 Å². The number of hydrogen-bond acceptors (Lipinski definition) is 4. The van der Waals surface area contributed by atoms with Crippen molar-refractivity contribution in [2.45, 2.75) is 45.8 Å². The molecule has 29 heavy (non-hydrogen) atoms. The first kappa shape index (κ1) is 19.0. The lowest BCUT2D eigenvalue weighted by molar-refractivity contribution is 0.0932. The maximum atomic E-state index is 12.8. The summed E-state index contributed by atoms with van der Waals surface area (Å²) in [7, 11) is 0. The number of fused-ring (bicyclic) bond motifs is 1. The summed E-state index contributed by atoms with van der Waals surface area (Å²) in [5, 5.41) is 5.77. The molecular formula is C22H24N4O3. The topological polar surface area (TPSA) is 89.2 Å². The Balaban J connectivity index is 1.51. The summed E-state index contributed by atoms with van der Waals surface area (Å²) in [4.78, 5) is 30.0. The Hall–Kier alpha value is -3.35. The SMILES string of the molecule is Cc1ccccc1CNC(=O)c1nc(C(=O)NCc2ccco2)n2c1CCCC2. The summed E-state index contributed by atoms with van der Waals surface area (Å²) in [6.07, 6.45) is 4.25. The van der Waals surface area contributed by atoms with E-state index in [1.165, 1.54) is 0 Å². The predicted molar refractivity (Wildman–Crippen MR) is 107 cm³/mol. The molecule has 3 heterocycles. The molecule has 1 aliphatic heterocycles. The van der Waals surface area contributed by atoms with Gasteiger partial charge in [-0.05, 0) is 49.4 Å². The maximum absolute atomic E-state index is 12.8. The van der Waals surface area contributed by atoms with Crippen LogP contribution in [0.3, 0.4) is 0 Å². The molecule has 0 fully saturated rings. The number of carbonyl (C=O) groups is 2. The monoisotopic (exact) mass is 392 g/mol. The van der Waals surface area contributed by atoms with Gasteiger partial charge in [-0.2, -0.15) is 0 Å². The highest BCUT2D eigenvalue weighted by Crippen LogP contribution is 2.21. The number of nitrogens with one attached hydrogen (secondary N) is 2. The van der Waals surface area contributed by atoms with Crippen molar-refractivity contribution in [3.8, 4) is 0 Å². The van der Waals surface area contributed by atoms with Gasteiger partial charge in [-0.1, -0.05) is 24.3 Å². The average molecular weight is 392 g/mol. The molecule has 0 unspecified atom stereocenters. The van der Waals surface area contributed by atoms with Gasteiger partial charge in [0.05, 0.1) is 18.5 Å². The second kappa shape index (κ2) is 8.34. The lowest BCUT2D eigenvalue weighted by Gasteiger charge is -2.17. The molecule has 0 spiro atoms. The van der Waals surface area contributed by atoms with Crippen LogP contribution >= 0.6 is 0 Å². The number of imidazole rings is 1. The lowest BCUT2D eigenvalue weighted by Crippen LogP contribution is -2.27. The molecule has 2 amide bonds. The fourth-order valence-corrected chi connectivity index (χ4v) is 3.63. The summed E-state index contributed by atoms with van der Waals surface area (Å²) in [6.45, 7) is 3.42. The second-order valence-corrected chi connectivity index (χ2v) is 7.21. The third-order valence-electron chi connectivity index (χ3n) is 5.24. The minimum absolute atomic E-state index is 0.246. The summed E-state index contributed by atoms with van der Waals surface area (Å²) >= 11 is 0. The van der Waals surface area contributed by atoms with Crippen LogP contribution in [-0.2, 0) is 26.1 Å². The quantitative estimate of drug-likeness (QED) is 0.675. The molecule has 0 aliphatic carbocycles. The first-order chi connectivity index (χ1) is 14.1. The largest absolute Gasteiger partial charge is 0.467 e. The Morgan fingerprint density at radius 3 is 2.69 bits per heavy atom. The number of benzene rings is 1. The third-order valence-corrected chi connectivity index (χ3v) is 5.24. The number of furan rings is 1. The van der Waals surface area contributed by atoms with Gasteiger partial charge in [-0.15, -0.1) is 0 Å². The molecule has 7 nitrogen and oxygen atoms in total. The fraction of sp³-hybridized carbons (Fsp3) is 0.318. The van der Waals surface area contributed by atoms with Gasteiger partial charge in [-0.25, -0.2) is 4.98 Å². The van der Waals surface area contributed by atoms with Crippen molar-refractivity contribution in [1.29, 1.82) is 0 Å². The van der Waals surface area contributed by atoms with E-state index in [1.54, 1.807) is 18.4 Å². The Labute approximate surface area is 169 Å². The highest BCUT2D eigenvalue weighted by molar-refractivity contribution is 5.97. The number of rotatable bonds is 6. The van der Waals surface area contributed by atoms with Gasteiger partial charge in [0.1, 0.15) is 11.5 Å². The number of aryl methyl sites for hydroxylation is 1. The van der Waals surface area contributed by atoms with Gasteiger partial charge in [-0.3, -0.25) is 9.59 Å². The Morgan fingerprint density at radius 2 is 1.90 bits per heavy atom. The van der Waals surface area contributed by atoms with Gasteiger partial charge in [0.2, 0.25) is 0 Å². The summed E-state index contributed by atoms with van der Waals surface area (Å²) in [5.74, 6) is 0.402. The molecule has 7 heteroatoms. The average Bonchev–Trinajstić information content (AvgIpc) is 3.39. The molecule has 2 N–H and O–H groups in total. The molecular weight excluding hydrogens is 368 g/mol. The van der Waals surface area contributed by atoms with E-state index in [0.29, 0.717) is 24.5 Å². The van der Waals surface area contributed by atoms with Crippen LogP contribution in [0.25, 0.3) is 0 Å². The predicted octanol–water partition coefficient (Wildman–Crippen LogP) is 2.98. The minimum atomic E-state index is -0.303. The van der Waals surface area contributed by atoms with Crippen molar-refractivity contribution in [1.82, 2.24) is 20.2 Å². The number of amides is 2. The van der Waals surface area contributed by atoms with E-state index >= 15 is 0 Å². The van der Waals surface area contributed by atoms with Crippen LogP contribution in [0.15, 0.2) is 47.1 Å². The summed E-state index contributed by atoms with van der Waals surface area (Å²) in [5.41, 5.74) is 3.37. The second-order valence-electron chi connectivity index (χ2n) is 7.21. The van der Waals surface area contributed by atoms with Crippen molar-refractivity contribution in [2.75, 3.05) is 0 Å². The van der Waals surface area contributed by atoms with Crippen molar-refractivity contribution in [2.24, 2.45) is 0 Å². The van der Waals surface area contributed by atoms with E-state index in [0.717, 1.165) is 36.1 Å². The molecule has 1 aliphatic rings. The maximum Gasteiger partial charge on any atom is 0.287 e.